The first-order chi connectivity index (χ1) is 13.2. The van der Waals surface area contributed by atoms with Gasteiger partial charge in [0, 0.05) is 23.8 Å². The predicted octanol–water partition coefficient (Wildman–Crippen LogP) is 5.61. The number of alkyl halides is 3. The molecule has 1 aromatic rings. The minimum Gasteiger partial charge on any atom is -0.462 e. The van der Waals surface area contributed by atoms with E-state index in [4.69, 9.17) is 26.6 Å². The molecule has 0 radical (unpaired) electrons. The molecule has 150 valence electrons. The van der Waals surface area contributed by atoms with Crippen LogP contribution in [0, 0.1) is 0 Å². The second-order valence-electron chi connectivity index (χ2n) is 6.80. The van der Waals surface area contributed by atoms with Crippen molar-refractivity contribution in [3.05, 3.63) is 81.8 Å². The van der Waals surface area contributed by atoms with Crippen LogP contribution in [0.5, 0.6) is 0 Å². The summed E-state index contributed by atoms with van der Waals surface area (Å²) in [5.41, 5.74) is 0.725. The largest absolute Gasteiger partial charge is 0.462 e. The van der Waals surface area contributed by atoms with Gasteiger partial charge in [-0.25, -0.2) is 0 Å². The number of benzene rings is 1. The van der Waals surface area contributed by atoms with Gasteiger partial charge < -0.3 is 14.9 Å². The molecule has 28 heavy (non-hydrogen) atoms. The minimum atomic E-state index is -4.43. The van der Waals surface area contributed by atoms with Crippen LogP contribution >= 0.6 is 11.6 Å². The Hall–Kier alpha value is -2.02. The molecule has 0 spiro atoms. The molecule has 2 aliphatic rings. The van der Waals surface area contributed by atoms with E-state index in [1.807, 2.05) is 12.2 Å². The van der Waals surface area contributed by atoms with E-state index >= 15 is 0 Å². The average Bonchev–Trinajstić information content (AvgIpc) is 2.61. The van der Waals surface area contributed by atoms with Crippen LogP contribution in [-0.2, 0) is 10.9 Å². The zero-order chi connectivity index (χ0) is 20.3. The summed E-state index contributed by atoms with van der Waals surface area (Å²) in [6, 6.07) is 3.39. The fourth-order valence-corrected chi connectivity index (χ4v) is 3.61. The van der Waals surface area contributed by atoms with Crippen LogP contribution in [-0.4, -0.2) is 16.5 Å². The van der Waals surface area contributed by atoms with Crippen LogP contribution in [0.2, 0.25) is 5.02 Å². The molecule has 0 aromatic heterocycles. The summed E-state index contributed by atoms with van der Waals surface area (Å²) in [4.78, 5) is 0. The molecule has 3 nitrogen and oxygen atoms in total. The molecule has 2 aliphatic carbocycles. The van der Waals surface area contributed by atoms with E-state index < -0.39 is 18.0 Å². The maximum absolute atomic E-state index is 12.8. The van der Waals surface area contributed by atoms with Crippen molar-refractivity contribution in [2.75, 3.05) is 0 Å². The number of halogens is 4. The van der Waals surface area contributed by atoms with Crippen LogP contribution in [0.3, 0.4) is 0 Å². The van der Waals surface area contributed by atoms with Gasteiger partial charge in [0.1, 0.15) is 11.5 Å². The fraction of sp³-hybridized carbons (Fsp3) is 0.333. The van der Waals surface area contributed by atoms with E-state index in [-0.39, 0.29) is 17.4 Å². The Morgan fingerprint density at radius 1 is 1.25 bits per heavy atom. The first-order valence-corrected chi connectivity index (χ1v) is 9.28. The third-order valence-corrected chi connectivity index (χ3v) is 4.95. The number of rotatable bonds is 5. The van der Waals surface area contributed by atoms with Gasteiger partial charge in [-0.3, -0.25) is 0 Å². The van der Waals surface area contributed by atoms with E-state index in [1.165, 1.54) is 6.07 Å². The summed E-state index contributed by atoms with van der Waals surface area (Å²) in [6.45, 7) is 0. The van der Waals surface area contributed by atoms with Gasteiger partial charge in [-0.1, -0.05) is 35.4 Å². The lowest BCUT2D eigenvalue weighted by Gasteiger charge is -2.22. The Morgan fingerprint density at radius 3 is 2.71 bits per heavy atom. The summed E-state index contributed by atoms with van der Waals surface area (Å²) in [6.07, 6.45) is 5.48. The average molecular weight is 413 g/mol. The van der Waals surface area contributed by atoms with Gasteiger partial charge in [0.05, 0.1) is 5.56 Å². The Balaban J connectivity index is 1.70. The highest BCUT2D eigenvalue weighted by molar-refractivity contribution is 6.31. The number of aliphatic hydroxyl groups excluding tert-OH is 1. The summed E-state index contributed by atoms with van der Waals surface area (Å²) >= 11 is 6.11. The topological polar surface area (TPSA) is 49.7 Å². The second-order valence-corrected chi connectivity index (χ2v) is 7.20. The van der Waals surface area contributed by atoms with Crippen molar-refractivity contribution < 1.29 is 28.1 Å². The number of aliphatic hydroxyl groups is 2. The van der Waals surface area contributed by atoms with Crippen LogP contribution in [0.25, 0.3) is 0 Å². The highest BCUT2D eigenvalue weighted by Gasteiger charge is 2.31. The molecule has 0 amide bonds. The molecule has 1 atom stereocenters. The zero-order valence-corrected chi connectivity index (χ0v) is 15.7. The Morgan fingerprint density at radius 2 is 2.04 bits per heavy atom. The van der Waals surface area contributed by atoms with Gasteiger partial charge >= 0.3 is 6.18 Å². The lowest BCUT2D eigenvalue weighted by Crippen LogP contribution is -2.09. The maximum Gasteiger partial charge on any atom is 0.416 e. The molecular formula is C21H20ClF3O3. The monoisotopic (exact) mass is 412 g/mol. The number of allylic oxidation sites excluding steroid dienone is 6. The second kappa shape index (κ2) is 8.55. The van der Waals surface area contributed by atoms with Crippen molar-refractivity contribution in [1.29, 1.82) is 0 Å². The molecule has 3 rings (SSSR count). The van der Waals surface area contributed by atoms with Crippen molar-refractivity contribution in [2.24, 2.45) is 0 Å². The maximum atomic E-state index is 12.8. The summed E-state index contributed by atoms with van der Waals surface area (Å²) < 4.78 is 44.4. The lowest BCUT2D eigenvalue weighted by molar-refractivity contribution is -0.137. The van der Waals surface area contributed by atoms with Crippen molar-refractivity contribution in [2.45, 2.75) is 44.1 Å². The molecule has 1 aromatic carbocycles. The number of ether oxygens (including phenoxy) is 1. The van der Waals surface area contributed by atoms with Gasteiger partial charge in [-0.2, -0.15) is 13.2 Å². The molecule has 0 saturated heterocycles. The first-order valence-electron chi connectivity index (χ1n) is 8.90. The summed E-state index contributed by atoms with van der Waals surface area (Å²) in [5.74, 6) is 1.10. The van der Waals surface area contributed by atoms with Gasteiger partial charge in [-0.15, -0.1) is 0 Å². The van der Waals surface area contributed by atoms with Gasteiger partial charge in [0.15, 0.2) is 6.29 Å². The number of hydrogen-bond acceptors (Lipinski definition) is 3. The van der Waals surface area contributed by atoms with Gasteiger partial charge in [-0.05, 0) is 48.8 Å². The third kappa shape index (κ3) is 5.28. The molecule has 0 aliphatic heterocycles. The van der Waals surface area contributed by atoms with Crippen LogP contribution in [0.1, 0.15) is 42.7 Å². The third-order valence-electron chi connectivity index (χ3n) is 4.62. The minimum absolute atomic E-state index is 0.0710. The Labute approximate surface area is 166 Å². The lowest BCUT2D eigenvalue weighted by atomic mass is 9.90. The summed E-state index contributed by atoms with van der Waals surface area (Å²) in [7, 11) is 0. The van der Waals surface area contributed by atoms with Crippen molar-refractivity contribution in [1.82, 2.24) is 0 Å². The Kier molecular flexibility index (Phi) is 6.33. The molecule has 7 heteroatoms. The van der Waals surface area contributed by atoms with E-state index in [0.717, 1.165) is 30.5 Å². The van der Waals surface area contributed by atoms with Crippen LogP contribution < -0.4 is 0 Å². The predicted molar refractivity (Wildman–Crippen MR) is 100 cm³/mol. The van der Waals surface area contributed by atoms with E-state index in [2.05, 4.69) is 0 Å². The number of hydrogen-bond donors (Lipinski definition) is 2. The SMILES string of the molecule is OC(O)CC1=CC(OC2=CC=CC(c3ccc(C(F)(F)F)cc3Cl)C2)=CCC1. The van der Waals surface area contributed by atoms with Gasteiger partial charge in [0.25, 0.3) is 0 Å². The van der Waals surface area contributed by atoms with Crippen LogP contribution in [0.4, 0.5) is 13.2 Å². The molecule has 0 heterocycles. The molecule has 0 saturated carbocycles. The molecule has 0 bridgehead atoms. The zero-order valence-electron chi connectivity index (χ0n) is 14.9. The molecule has 0 fully saturated rings. The quantitative estimate of drug-likeness (QED) is 0.618. The highest BCUT2D eigenvalue weighted by atomic mass is 35.5. The van der Waals surface area contributed by atoms with E-state index in [1.54, 1.807) is 18.2 Å². The van der Waals surface area contributed by atoms with E-state index in [0.29, 0.717) is 23.5 Å². The Bertz CT molecular complexity index is 851. The van der Waals surface area contributed by atoms with E-state index in [9.17, 15) is 13.2 Å². The first kappa shape index (κ1) is 20.7. The highest BCUT2D eigenvalue weighted by Crippen LogP contribution is 2.38. The smallest absolute Gasteiger partial charge is 0.416 e. The molecule has 2 N–H and O–H groups in total. The van der Waals surface area contributed by atoms with Crippen LogP contribution in [0.15, 0.2) is 65.7 Å². The van der Waals surface area contributed by atoms with Crippen molar-refractivity contribution in [3.8, 4) is 0 Å². The van der Waals surface area contributed by atoms with Gasteiger partial charge in [0.2, 0.25) is 0 Å². The van der Waals surface area contributed by atoms with Crippen molar-refractivity contribution >= 4 is 11.6 Å². The van der Waals surface area contributed by atoms with Crippen molar-refractivity contribution in [3.63, 3.8) is 0 Å². The molecule has 1 unspecified atom stereocenters. The molecular weight excluding hydrogens is 393 g/mol. The standard InChI is InChI=1S/C21H20ClF3O3/c22-19-12-15(21(23,24)25)7-8-18(19)14-4-2-6-17(11-14)28-16-5-1-3-13(9-16)10-20(26)27/h2,4-9,12,14,20,26-27H,1,3,10-11H2. The summed E-state index contributed by atoms with van der Waals surface area (Å²) in [5, 5.41) is 18.3. The normalized spacial score (nSPS) is 20.0. The fourth-order valence-electron chi connectivity index (χ4n) is 3.29.